The first-order chi connectivity index (χ1) is 9.99. The number of fused-ring (bicyclic) bond motifs is 1. The second-order valence-electron chi connectivity index (χ2n) is 4.79. The van der Waals surface area contributed by atoms with E-state index in [0.29, 0.717) is 13.1 Å². The van der Waals surface area contributed by atoms with Gasteiger partial charge in [-0.3, -0.25) is 15.0 Å². The summed E-state index contributed by atoms with van der Waals surface area (Å²) in [4.78, 5) is 35.4. The molecule has 0 unspecified atom stereocenters. The van der Waals surface area contributed by atoms with Crippen LogP contribution in [0.4, 0.5) is 4.79 Å². The number of nitrogens with one attached hydrogen (secondary N) is 1. The number of ether oxygens (including phenoxy) is 1. The zero-order valence-electron chi connectivity index (χ0n) is 11.6. The number of imide groups is 1. The molecule has 1 aliphatic rings. The van der Waals surface area contributed by atoms with Crippen molar-refractivity contribution in [2.75, 3.05) is 20.2 Å². The van der Waals surface area contributed by atoms with E-state index in [-0.39, 0.29) is 12.1 Å². The number of benzene rings is 1. The number of hydrogen-bond acceptors (Lipinski definition) is 5. The highest BCUT2D eigenvalue weighted by Gasteiger charge is 2.20. The Morgan fingerprint density at radius 1 is 1.33 bits per heavy atom. The normalized spacial score (nSPS) is 14.1. The molecule has 7 nitrogen and oxygen atoms in total. The summed E-state index contributed by atoms with van der Waals surface area (Å²) in [5.41, 5.74) is 2.21. The molecule has 0 radical (unpaired) electrons. The van der Waals surface area contributed by atoms with Crippen molar-refractivity contribution >= 4 is 18.0 Å². The van der Waals surface area contributed by atoms with Gasteiger partial charge in [0.15, 0.2) is 0 Å². The maximum Gasteiger partial charge on any atom is 0.413 e. The third-order valence-electron chi connectivity index (χ3n) is 3.34. The van der Waals surface area contributed by atoms with Gasteiger partial charge in [0.2, 0.25) is 5.91 Å². The van der Waals surface area contributed by atoms with Crippen LogP contribution in [-0.4, -0.2) is 48.2 Å². The number of carboxylic acid groups (broad SMARTS) is 1. The number of carboxylic acids is 1. The van der Waals surface area contributed by atoms with Crippen molar-refractivity contribution in [3.8, 4) is 0 Å². The zero-order valence-corrected chi connectivity index (χ0v) is 11.6. The zero-order chi connectivity index (χ0) is 15.4. The van der Waals surface area contributed by atoms with Gasteiger partial charge >= 0.3 is 12.1 Å². The second-order valence-corrected chi connectivity index (χ2v) is 4.79. The van der Waals surface area contributed by atoms with Gasteiger partial charge < -0.3 is 9.84 Å². The first-order valence-electron chi connectivity index (χ1n) is 6.45. The summed E-state index contributed by atoms with van der Waals surface area (Å²) >= 11 is 0. The van der Waals surface area contributed by atoms with E-state index in [2.05, 4.69) is 10.1 Å². The van der Waals surface area contributed by atoms with E-state index < -0.39 is 18.0 Å². The highest BCUT2D eigenvalue weighted by atomic mass is 16.5. The topological polar surface area (TPSA) is 95.9 Å². The lowest BCUT2D eigenvalue weighted by atomic mass is 9.97. The Balaban J connectivity index is 2.01. The van der Waals surface area contributed by atoms with Crippen LogP contribution < -0.4 is 5.32 Å². The Labute approximate surface area is 121 Å². The van der Waals surface area contributed by atoms with Crippen LogP contribution in [0.3, 0.4) is 0 Å². The fourth-order valence-electron chi connectivity index (χ4n) is 2.29. The number of rotatable bonds is 3. The van der Waals surface area contributed by atoms with Gasteiger partial charge in [-0.15, -0.1) is 0 Å². The Kier molecular flexibility index (Phi) is 4.54. The fraction of sp³-hybridized carbons (Fsp3) is 0.357. The Hall–Kier alpha value is -2.41. The fourth-order valence-corrected chi connectivity index (χ4v) is 2.29. The monoisotopic (exact) mass is 292 g/mol. The largest absolute Gasteiger partial charge is 0.478 e. The molecule has 1 aliphatic heterocycles. The maximum atomic E-state index is 11.6. The molecule has 1 heterocycles. The summed E-state index contributed by atoms with van der Waals surface area (Å²) in [6.07, 6.45) is -0.0497. The molecule has 2 amide bonds. The maximum absolute atomic E-state index is 11.6. The minimum Gasteiger partial charge on any atom is -0.478 e. The molecule has 7 heteroatoms. The van der Waals surface area contributed by atoms with Gasteiger partial charge in [-0.25, -0.2) is 9.59 Å². The van der Waals surface area contributed by atoms with Crippen molar-refractivity contribution < 1.29 is 24.2 Å². The molecule has 112 valence electrons. The first-order valence-corrected chi connectivity index (χ1v) is 6.45. The van der Waals surface area contributed by atoms with E-state index in [4.69, 9.17) is 5.11 Å². The Morgan fingerprint density at radius 3 is 2.76 bits per heavy atom. The molecule has 0 atom stereocenters. The number of hydrogen-bond donors (Lipinski definition) is 2. The smallest absolute Gasteiger partial charge is 0.413 e. The lowest BCUT2D eigenvalue weighted by Gasteiger charge is -2.28. The van der Waals surface area contributed by atoms with Crippen molar-refractivity contribution in [1.29, 1.82) is 0 Å². The standard InChI is InChI=1S/C14H16N2O5/c1-21-14(20)15-12(17)8-16-5-4-9-2-3-10(13(18)19)6-11(9)7-16/h2-3,6H,4-5,7-8H2,1H3,(H,18,19)(H,15,17,20). The third-order valence-corrected chi connectivity index (χ3v) is 3.34. The molecule has 0 aliphatic carbocycles. The average molecular weight is 292 g/mol. The van der Waals surface area contributed by atoms with E-state index in [9.17, 15) is 14.4 Å². The minimum absolute atomic E-state index is 0.0613. The number of carbonyl (C=O) groups is 3. The molecule has 2 N–H and O–H groups in total. The lowest BCUT2D eigenvalue weighted by Crippen LogP contribution is -2.41. The van der Waals surface area contributed by atoms with Gasteiger partial charge in [-0.1, -0.05) is 6.07 Å². The number of amides is 2. The lowest BCUT2D eigenvalue weighted by molar-refractivity contribution is -0.121. The van der Waals surface area contributed by atoms with Crippen molar-refractivity contribution in [3.05, 3.63) is 34.9 Å². The van der Waals surface area contributed by atoms with E-state index in [1.165, 1.54) is 7.11 Å². The van der Waals surface area contributed by atoms with Gasteiger partial charge in [-0.2, -0.15) is 0 Å². The molecular formula is C14H16N2O5. The summed E-state index contributed by atoms with van der Waals surface area (Å²) in [5.74, 6) is -1.42. The van der Waals surface area contributed by atoms with Crippen LogP contribution in [0, 0.1) is 0 Å². The van der Waals surface area contributed by atoms with Crippen molar-refractivity contribution in [2.45, 2.75) is 13.0 Å². The molecule has 0 saturated carbocycles. The van der Waals surface area contributed by atoms with E-state index in [0.717, 1.165) is 17.5 Å². The third kappa shape index (κ3) is 3.79. The molecule has 0 aromatic heterocycles. The van der Waals surface area contributed by atoms with E-state index in [1.54, 1.807) is 12.1 Å². The molecule has 0 saturated heterocycles. The van der Waals surface area contributed by atoms with Crippen molar-refractivity contribution in [1.82, 2.24) is 10.2 Å². The van der Waals surface area contributed by atoms with Gasteiger partial charge in [0.1, 0.15) is 0 Å². The van der Waals surface area contributed by atoms with Gasteiger partial charge in [0.25, 0.3) is 0 Å². The Bertz CT molecular complexity index is 585. The van der Waals surface area contributed by atoms with Crippen LogP contribution >= 0.6 is 0 Å². The minimum atomic E-state index is -0.974. The summed E-state index contributed by atoms with van der Waals surface area (Å²) in [5, 5.41) is 11.1. The number of carbonyl (C=O) groups excluding carboxylic acids is 2. The molecule has 1 aromatic rings. The molecule has 0 fully saturated rings. The molecule has 2 rings (SSSR count). The summed E-state index contributed by atoms with van der Waals surface area (Å²) in [6, 6.07) is 5.02. The summed E-state index contributed by atoms with van der Waals surface area (Å²) in [7, 11) is 1.19. The number of aromatic carboxylic acids is 1. The SMILES string of the molecule is COC(=O)NC(=O)CN1CCc2ccc(C(=O)O)cc2C1. The number of methoxy groups -OCH3 is 1. The van der Waals surface area contributed by atoms with Crippen molar-refractivity contribution in [2.24, 2.45) is 0 Å². The second kappa shape index (κ2) is 6.36. The number of alkyl carbamates (subject to hydrolysis) is 1. The number of nitrogens with zero attached hydrogens (tertiary/aromatic N) is 1. The molecule has 0 bridgehead atoms. The van der Waals surface area contributed by atoms with Gasteiger partial charge in [-0.05, 0) is 29.7 Å². The van der Waals surface area contributed by atoms with Gasteiger partial charge in [0.05, 0.1) is 19.2 Å². The predicted molar refractivity (Wildman–Crippen MR) is 72.9 cm³/mol. The van der Waals surface area contributed by atoms with Crippen molar-refractivity contribution in [3.63, 3.8) is 0 Å². The van der Waals surface area contributed by atoms with E-state index in [1.807, 2.05) is 11.0 Å². The highest BCUT2D eigenvalue weighted by molar-refractivity contribution is 5.92. The summed E-state index contributed by atoms with van der Waals surface area (Å²) < 4.78 is 4.35. The highest BCUT2D eigenvalue weighted by Crippen LogP contribution is 2.20. The van der Waals surface area contributed by atoms with Gasteiger partial charge in [0, 0.05) is 13.1 Å². The summed E-state index contributed by atoms with van der Waals surface area (Å²) in [6.45, 7) is 1.21. The quantitative estimate of drug-likeness (QED) is 0.848. The molecule has 1 aromatic carbocycles. The average Bonchev–Trinajstić information content (AvgIpc) is 2.46. The van der Waals surface area contributed by atoms with Crippen LogP contribution in [0.5, 0.6) is 0 Å². The molecule has 0 spiro atoms. The molecular weight excluding hydrogens is 276 g/mol. The predicted octanol–water partition coefficient (Wildman–Crippen LogP) is 0.625. The molecule has 21 heavy (non-hydrogen) atoms. The van der Waals surface area contributed by atoms with Crippen LogP contribution in [0.15, 0.2) is 18.2 Å². The Morgan fingerprint density at radius 2 is 2.10 bits per heavy atom. The van der Waals surface area contributed by atoms with Crippen LogP contribution in [0.1, 0.15) is 21.5 Å². The van der Waals surface area contributed by atoms with Crippen LogP contribution in [0.2, 0.25) is 0 Å². The van der Waals surface area contributed by atoms with Crippen LogP contribution in [0.25, 0.3) is 0 Å². The first kappa shape index (κ1) is 15.0. The van der Waals surface area contributed by atoms with Crippen LogP contribution in [-0.2, 0) is 22.5 Å². The van der Waals surface area contributed by atoms with E-state index >= 15 is 0 Å².